The molecular weight excluding hydrogens is 482 g/mol. The zero-order chi connectivity index (χ0) is 26.1. The summed E-state index contributed by atoms with van der Waals surface area (Å²) >= 11 is 6.27. The van der Waals surface area contributed by atoms with E-state index in [0.29, 0.717) is 39.1 Å². The fourth-order valence-corrected chi connectivity index (χ4v) is 4.61. The van der Waals surface area contributed by atoms with Gasteiger partial charge in [0, 0.05) is 16.3 Å². The number of anilines is 1. The van der Waals surface area contributed by atoms with Crippen LogP contribution in [-0.2, 0) is 9.59 Å². The minimum absolute atomic E-state index is 0.0452. The third-order valence-electron chi connectivity index (χ3n) is 6.27. The Balaban J connectivity index is 2.00. The number of aliphatic hydroxyl groups is 1. The molecule has 1 heterocycles. The molecule has 0 aliphatic carbocycles. The lowest BCUT2D eigenvalue weighted by Gasteiger charge is -2.27. The number of carbonyl (C=O) groups excluding carboxylic acids is 2. The molecule has 1 atom stereocenters. The summed E-state index contributed by atoms with van der Waals surface area (Å²) in [6.07, 6.45) is 0. The Hall–Kier alpha value is -3.97. The summed E-state index contributed by atoms with van der Waals surface area (Å²) < 4.78 is 16.1. The van der Waals surface area contributed by atoms with E-state index >= 15 is 0 Å². The molecule has 1 amide bonds. The first kappa shape index (κ1) is 25.1. The van der Waals surface area contributed by atoms with E-state index in [1.807, 2.05) is 13.8 Å². The summed E-state index contributed by atoms with van der Waals surface area (Å²) in [7, 11) is 4.57. The van der Waals surface area contributed by atoms with Crippen molar-refractivity contribution in [2.75, 3.05) is 26.2 Å². The number of rotatable bonds is 6. The third kappa shape index (κ3) is 4.27. The monoisotopic (exact) mass is 507 g/mol. The predicted molar refractivity (Wildman–Crippen MR) is 138 cm³/mol. The van der Waals surface area contributed by atoms with Crippen molar-refractivity contribution >= 4 is 34.7 Å². The molecule has 1 aliphatic heterocycles. The second-order valence-electron chi connectivity index (χ2n) is 8.40. The van der Waals surface area contributed by atoms with Crippen molar-refractivity contribution in [2.24, 2.45) is 0 Å². The van der Waals surface area contributed by atoms with E-state index < -0.39 is 17.7 Å². The molecule has 8 heteroatoms. The predicted octanol–water partition coefficient (Wildman–Crippen LogP) is 5.61. The zero-order valence-electron chi connectivity index (χ0n) is 20.6. The first-order valence-corrected chi connectivity index (χ1v) is 11.5. The van der Waals surface area contributed by atoms with Crippen LogP contribution in [0, 0.1) is 13.8 Å². The highest BCUT2D eigenvalue weighted by Crippen LogP contribution is 2.45. The number of amides is 1. The molecule has 0 aromatic heterocycles. The van der Waals surface area contributed by atoms with E-state index in [1.54, 1.807) is 61.7 Å². The Morgan fingerprint density at radius 3 is 2.14 bits per heavy atom. The molecular formula is C28H26ClNO6. The van der Waals surface area contributed by atoms with Crippen LogP contribution < -0.4 is 19.1 Å². The molecule has 3 aromatic rings. The summed E-state index contributed by atoms with van der Waals surface area (Å²) in [5, 5.41) is 11.8. The number of aryl methyl sites for hydroxylation is 2. The van der Waals surface area contributed by atoms with Gasteiger partial charge in [-0.25, -0.2) is 0 Å². The van der Waals surface area contributed by atoms with Gasteiger partial charge in [0.05, 0.1) is 32.9 Å². The average Bonchev–Trinajstić information content (AvgIpc) is 3.14. The molecule has 1 N–H and O–H groups in total. The number of ketones is 1. The van der Waals surface area contributed by atoms with Gasteiger partial charge in [0.15, 0.2) is 11.5 Å². The van der Waals surface area contributed by atoms with Crippen LogP contribution in [0.2, 0.25) is 5.02 Å². The second kappa shape index (κ2) is 9.95. The van der Waals surface area contributed by atoms with Gasteiger partial charge in [-0.15, -0.1) is 0 Å². The van der Waals surface area contributed by atoms with Gasteiger partial charge in [-0.2, -0.15) is 0 Å². The third-order valence-corrected chi connectivity index (χ3v) is 6.50. The standard InChI is InChI=1S/C28H26ClNO6/c1-15-6-9-19(29)14-20(15)30-25(17-7-11-22(35-4)23(13-17)36-5)24(27(32)28(30)33)26(31)18-8-10-21(34-3)16(2)12-18/h6-14,25,31H,1-5H3/b26-24+. The van der Waals surface area contributed by atoms with Crippen molar-refractivity contribution in [3.63, 3.8) is 0 Å². The molecule has 1 saturated heterocycles. The topological polar surface area (TPSA) is 85.3 Å². The zero-order valence-corrected chi connectivity index (χ0v) is 21.3. The number of hydrogen-bond donors (Lipinski definition) is 1. The molecule has 1 unspecified atom stereocenters. The Bertz CT molecular complexity index is 1400. The highest BCUT2D eigenvalue weighted by Gasteiger charge is 2.47. The van der Waals surface area contributed by atoms with Gasteiger partial charge in [-0.3, -0.25) is 14.5 Å². The van der Waals surface area contributed by atoms with E-state index in [9.17, 15) is 14.7 Å². The molecule has 1 fully saturated rings. The van der Waals surface area contributed by atoms with E-state index in [4.69, 9.17) is 25.8 Å². The summed E-state index contributed by atoms with van der Waals surface area (Å²) in [5.74, 6) is -0.322. The summed E-state index contributed by atoms with van der Waals surface area (Å²) in [6.45, 7) is 3.65. The number of methoxy groups -OCH3 is 3. The lowest BCUT2D eigenvalue weighted by molar-refractivity contribution is -0.132. The highest BCUT2D eigenvalue weighted by molar-refractivity contribution is 6.52. The maximum Gasteiger partial charge on any atom is 0.300 e. The minimum Gasteiger partial charge on any atom is -0.507 e. The fourth-order valence-electron chi connectivity index (χ4n) is 4.44. The van der Waals surface area contributed by atoms with Crippen molar-refractivity contribution in [1.29, 1.82) is 0 Å². The number of aliphatic hydroxyl groups excluding tert-OH is 1. The largest absolute Gasteiger partial charge is 0.507 e. The van der Waals surface area contributed by atoms with Gasteiger partial charge in [0.25, 0.3) is 11.7 Å². The average molecular weight is 508 g/mol. The molecule has 0 saturated carbocycles. The maximum atomic E-state index is 13.5. The van der Waals surface area contributed by atoms with Crippen LogP contribution in [-0.4, -0.2) is 38.1 Å². The lowest BCUT2D eigenvalue weighted by Crippen LogP contribution is -2.30. The molecule has 3 aromatic carbocycles. The van der Waals surface area contributed by atoms with Crippen LogP contribution in [0.5, 0.6) is 17.2 Å². The quantitative estimate of drug-likeness (QED) is 0.265. The fraction of sp³-hybridized carbons (Fsp3) is 0.214. The smallest absolute Gasteiger partial charge is 0.300 e. The van der Waals surface area contributed by atoms with Crippen LogP contribution in [0.1, 0.15) is 28.3 Å². The molecule has 0 spiro atoms. The molecule has 1 aliphatic rings. The number of carbonyl (C=O) groups is 2. The number of ether oxygens (including phenoxy) is 3. The number of hydrogen-bond acceptors (Lipinski definition) is 6. The van der Waals surface area contributed by atoms with Gasteiger partial charge >= 0.3 is 0 Å². The number of benzene rings is 3. The van der Waals surface area contributed by atoms with Gasteiger partial charge in [0.1, 0.15) is 11.5 Å². The SMILES string of the molecule is COc1ccc(/C(O)=C2\C(=O)C(=O)N(c3cc(Cl)ccc3C)C2c2ccc(OC)c(OC)c2)cc1C. The minimum atomic E-state index is -0.940. The molecule has 36 heavy (non-hydrogen) atoms. The Morgan fingerprint density at radius 2 is 1.50 bits per heavy atom. The maximum absolute atomic E-state index is 13.5. The van der Waals surface area contributed by atoms with Crippen molar-refractivity contribution in [3.8, 4) is 17.2 Å². The summed E-state index contributed by atoms with van der Waals surface area (Å²) in [5.41, 5.74) is 2.87. The van der Waals surface area contributed by atoms with Crippen molar-refractivity contribution in [3.05, 3.63) is 87.4 Å². The Kier molecular flexibility index (Phi) is 6.95. The molecule has 0 radical (unpaired) electrons. The van der Waals surface area contributed by atoms with Crippen LogP contribution >= 0.6 is 11.6 Å². The van der Waals surface area contributed by atoms with Crippen LogP contribution in [0.25, 0.3) is 5.76 Å². The van der Waals surface area contributed by atoms with Crippen molar-refractivity contribution < 1.29 is 28.9 Å². The highest BCUT2D eigenvalue weighted by atomic mass is 35.5. The molecule has 0 bridgehead atoms. The van der Waals surface area contributed by atoms with Crippen LogP contribution in [0.15, 0.2) is 60.2 Å². The number of Topliss-reactive ketones (excluding diaryl/α,β-unsaturated/α-hetero) is 1. The summed E-state index contributed by atoms with van der Waals surface area (Å²) in [6, 6.07) is 14.3. The van der Waals surface area contributed by atoms with E-state index in [2.05, 4.69) is 0 Å². The molecule has 186 valence electrons. The van der Waals surface area contributed by atoms with Crippen LogP contribution in [0.3, 0.4) is 0 Å². The molecule has 4 rings (SSSR count). The summed E-state index contributed by atoms with van der Waals surface area (Å²) in [4.78, 5) is 28.3. The first-order chi connectivity index (χ1) is 17.2. The van der Waals surface area contributed by atoms with Crippen molar-refractivity contribution in [1.82, 2.24) is 0 Å². The van der Waals surface area contributed by atoms with Crippen molar-refractivity contribution in [2.45, 2.75) is 19.9 Å². The van der Waals surface area contributed by atoms with E-state index in [1.165, 1.54) is 19.1 Å². The van der Waals surface area contributed by atoms with E-state index in [0.717, 1.165) is 11.1 Å². The van der Waals surface area contributed by atoms with Gasteiger partial charge < -0.3 is 19.3 Å². The van der Waals surface area contributed by atoms with Crippen LogP contribution in [0.4, 0.5) is 5.69 Å². The van der Waals surface area contributed by atoms with Gasteiger partial charge in [-0.1, -0.05) is 23.7 Å². The number of halogens is 1. The van der Waals surface area contributed by atoms with Gasteiger partial charge in [0.2, 0.25) is 0 Å². The lowest BCUT2D eigenvalue weighted by atomic mass is 9.94. The normalized spacial score (nSPS) is 16.8. The Labute approximate surface area is 214 Å². The first-order valence-electron chi connectivity index (χ1n) is 11.2. The van der Waals surface area contributed by atoms with E-state index in [-0.39, 0.29) is 11.3 Å². The second-order valence-corrected chi connectivity index (χ2v) is 8.84. The Morgan fingerprint density at radius 1 is 0.833 bits per heavy atom. The number of nitrogens with zero attached hydrogens (tertiary/aromatic N) is 1. The van der Waals surface area contributed by atoms with Gasteiger partial charge in [-0.05, 0) is 73.0 Å². The molecule has 7 nitrogen and oxygen atoms in total.